The molecule has 2 N–H and O–H groups in total. The van der Waals surface area contributed by atoms with Crippen LogP contribution in [0.1, 0.15) is 11.5 Å². The van der Waals surface area contributed by atoms with E-state index in [0.717, 1.165) is 0 Å². The Bertz CT molecular complexity index is 261. The van der Waals surface area contributed by atoms with E-state index in [1.807, 2.05) is 14.1 Å². The number of benzene rings is 1. The van der Waals surface area contributed by atoms with Gasteiger partial charge in [-0.1, -0.05) is 30.3 Å². The molecule has 0 heterocycles. The van der Waals surface area contributed by atoms with Crippen molar-refractivity contribution in [1.82, 2.24) is 10.6 Å². The maximum Gasteiger partial charge on any atom is 0.0309 e. The summed E-state index contributed by atoms with van der Waals surface area (Å²) >= 11 is 0. The highest BCUT2D eigenvalue weighted by Crippen LogP contribution is 2.40. The summed E-state index contributed by atoms with van der Waals surface area (Å²) in [6, 6.07) is 11.9. The van der Waals surface area contributed by atoms with Gasteiger partial charge in [-0.15, -0.1) is 0 Å². The largest absolute Gasteiger partial charge is 0.315 e. The Kier molecular flexibility index (Phi) is 2.34. The number of hydrogen-bond donors (Lipinski definition) is 2. The van der Waals surface area contributed by atoms with Gasteiger partial charge in [-0.25, -0.2) is 0 Å². The molecule has 0 saturated heterocycles. The van der Waals surface area contributed by atoms with Crippen LogP contribution >= 0.6 is 0 Å². The summed E-state index contributed by atoms with van der Waals surface area (Å²) in [5.41, 5.74) is 1.43. The highest BCUT2D eigenvalue weighted by atomic mass is 15.1. The van der Waals surface area contributed by atoms with Gasteiger partial charge in [0.1, 0.15) is 0 Å². The Morgan fingerprint density at radius 2 is 1.46 bits per heavy atom. The first-order chi connectivity index (χ1) is 6.38. The van der Waals surface area contributed by atoms with Crippen LogP contribution in [0.2, 0.25) is 0 Å². The second-order valence-corrected chi connectivity index (χ2v) is 3.57. The van der Waals surface area contributed by atoms with Crippen molar-refractivity contribution >= 4 is 0 Å². The molecule has 1 fully saturated rings. The lowest BCUT2D eigenvalue weighted by atomic mass is 10.1. The molecular formula is C11H16N2. The minimum atomic E-state index is 0.604. The van der Waals surface area contributed by atoms with Gasteiger partial charge in [0.2, 0.25) is 0 Å². The van der Waals surface area contributed by atoms with E-state index in [9.17, 15) is 0 Å². The third-order valence-corrected chi connectivity index (χ3v) is 2.87. The highest BCUT2D eigenvalue weighted by molar-refractivity contribution is 5.33. The molecule has 13 heavy (non-hydrogen) atoms. The molecule has 2 nitrogen and oxygen atoms in total. The summed E-state index contributed by atoms with van der Waals surface area (Å²) in [6.07, 6.45) is 0. The van der Waals surface area contributed by atoms with E-state index >= 15 is 0 Å². The predicted molar refractivity (Wildman–Crippen MR) is 54.9 cm³/mol. The summed E-state index contributed by atoms with van der Waals surface area (Å²) in [7, 11) is 4.05. The van der Waals surface area contributed by atoms with E-state index in [1.165, 1.54) is 5.56 Å². The van der Waals surface area contributed by atoms with Gasteiger partial charge >= 0.3 is 0 Å². The predicted octanol–water partition coefficient (Wildman–Crippen LogP) is 0.960. The van der Waals surface area contributed by atoms with Crippen LogP contribution < -0.4 is 10.6 Å². The summed E-state index contributed by atoms with van der Waals surface area (Å²) in [5.74, 6) is 0.649. The molecule has 0 bridgehead atoms. The minimum Gasteiger partial charge on any atom is -0.315 e. The van der Waals surface area contributed by atoms with Crippen molar-refractivity contribution in [3.63, 3.8) is 0 Å². The fraction of sp³-hybridized carbons (Fsp3) is 0.455. The summed E-state index contributed by atoms with van der Waals surface area (Å²) in [5, 5.41) is 6.65. The zero-order valence-corrected chi connectivity index (χ0v) is 8.12. The Hall–Kier alpha value is -0.860. The second kappa shape index (κ2) is 3.48. The maximum absolute atomic E-state index is 3.33. The third kappa shape index (κ3) is 1.47. The average Bonchev–Trinajstić information content (AvgIpc) is 2.92. The van der Waals surface area contributed by atoms with Crippen molar-refractivity contribution in [2.75, 3.05) is 14.1 Å². The lowest BCUT2D eigenvalue weighted by Crippen LogP contribution is -2.21. The highest BCUT2D eigenvalue weighted by Gasteiger charge is 2.48. The first kappa shape index (κ1) is 8.73. The molecule has 1 aromatic rings. The fourth-order valence-electron chi connectivity index (χ4n) is 2.12. The molecule has 1 aliphatic rings. The molecule has 2 heteroatoms. The minimum absolute atomic E-state index is 0.604. The van der Waals surface area contributed by atoms with Crippen molar-refractivity contribution < 1.29 is 0 Å². The molecule has 1 unspecified atom stereocenters. The van der Waals surface area contributed by atoms with E-state index in [0.29, 0.717) is 18.0 Å². The van der Waals surface area contributed by atoms with Gasteiger partial charge in [0, 0.05) is 18.0 Å². The summed E-state index contributed by atoms with van der Waals surface area (Å²) in [4.78, 5) is 0. The van der Waals surface area contributed by atoms with Crippen LogP contribution in [0.5, 0.6) is 0 Å². The molecule has 0 aliphatic heterocycles. The van der Waals surface area contributed by atoms with Crippen LogP contribution in [0.25, 0.3) is 0 Å². The van der Waals surface area contributed by atoms with E-state index in [1.54, 1.807) is 0 Å². The van der Waals surface area contributed by atoms with Gasteiger partial charge in [0.25, 0.3) is 0 Å². The van der Waals surface area contributed by atoms with Gasteiger partial charge in [-0.2, -0.15) is 0 Å². The van der Waals surface area contributed by atoms with Crippen molar-refractivity contribution in [3.05, 3.63) is 35.9 Å². The summed E-state index contributed by atoms with van der Waals surface area (Å²) < 4.78 is 0. The SMILES string of the molecule is CN[C@@H]1C(c2ccccc2)[C@@H]1NC. The molecule has 0 amide bonds. The monoisotopic (exact) mass is 176 g/mol. The Balaban J connectivity index is 2.12. The van der Waals surface area contributed by atoms with E-state index < -0.39 is 0 Å². The zero-order chi connectivity index (χ0) is 9.26. The molecule has 1 saturated carbocycles. The fourth-order valence-corrected chi connectivity index (χ4v) is 2.12. The van der Waals surface area contributed by atoms with E-state index in [-0.39, 0.29) is 0 Å². The molecule has 0 spiro atoms. The van der Waals surface area contributed by atoms with Crippen LogP contribution in [0.4, 0.5) is 0 Å². The van der Waals surface area contributed by atoms with Crippen LogP contribution in [0.15, 0.2) is 30.3 Å². The van der Waals surface area contributed by atoms with Crippen molar-refractivity contribution in [2.24, 2.45) is 0 Å². The summed E-state index contributed by atoms with van der Waals surface area (Å²) in [6.45, 7) is 0. The molecule has 70 valence electrons. The van der Waals surface area contributed by atoms with Crippen molar-refractivity contribution in [3.8, 4) is 0 Å². The maximum atomic E-state index is 3.33. The molecule has 3 atom stereocenters. The van der Waals surface area contributed by atoms with Gasteiger partial charge < -0.3 is 10.6 Å². The van der Waals surface area contributed by atoms with Gasteiger partial charge in [0.15, 0.2) is 0 Å². The number of hydrogen-bond acceptors (Lipinski definition) is 2. The Morgan fingerprint density at radius 3 is 1.92 bits per heavy atom. The number of rotatable bonds is 3. The lowest BCUT2D eigenvalue weighted by molar-refractivity contribution is 0.708. The molecule has 2 rings (SSSR count). The molecule has 1 aromatic carbocycles. The molecule has 0 aromatic heterocycles. The first-order valence-electron chi connectivity index (χ1n) is 4.78. The van der Waals surface area contributed by atoms with Crippen LogP contribution in [0, 0.1) is 0 Å². The standard InChI is InChI=1S/C11H16N2/c1-12-10-9(11(10)13-2)8-6-4-3-5-7-8/h3-7,9-13H,1-2H3/t9?,10-,11+. The van der Waals surface area contributed by atoms with E-state index in [4.69, 9.17) is 0 Å². The average molecular weight is 176 g/mol. The normalized spacial score (nSPS) is 31.7. The number of likely N-dealkylation sites (N-methyl/N-ethyl adjacent to an activating group) is 2. The molecule has 0 radical (unpaired) electrons. The van der Waals surface area contributed by atoms with E-state index in [2.05, 4.69) is 41.0 Å². The van der Waals surface area contributed by atoms with Crippen molar-refractivity contribution in [1.29, 1.82) is 0 Å². The quantitative estimate of drug-likeness (QED) is 0.717. The van der Waals surface area contributed by atoms with Crippen molar-refractivity contribution in [2.45, 2.75) is 18.0 Å². The van der Waals surface area contributed by atoms with Crippen LogP contribution in [-0.2, 0) is 0 Å². The van der Waals surface area contributed by atoms with Crippen LogP contribution in [-0.4, -0.2) is 26.2 Å². The van der Waals surface area contributed by atoms with Gasteiger partial charge in [-0.3, -0.25) is 0 Å². The molecular weight excluding hydrogens is 160 g/mol. The Labute approximate surface area is 79.4 Å². The number of nitrogens with one attached hydrogen (secondary N) is 2. The zero-order valence-electron chi connectivity index (χ0n) is 8.12. The lowest BCUT2D eigenvalue weighted by Gasteiger charge is -1.97. The second-order valence-electron chi connectivity index (χ2n) is 3.57. The smallest absolute Gasteiger partial charge is 0.0309 e. The topological polar surface area (TPSA) is 24.1 Å². The van der Waals surface area contributed by atoms with Gasteiger partial charge in [-0.05, 0) is 19.7 Å². The molecule has 1 aliphatic carbocycles. The van der Waals surface area contributed by atoms with Gasteiger partial charge in [0.05, 0.1) is 0 Å². The Morgan fingerprint density at radius 1 is 0.923 bits per heavy atom. The first-order valence-corrected chi connectivity index (χ1v) is 4.78. The third-order valence-electron chi connectivity index (χ3n) is 2.87. The van der Waals surface area contributed by atoms with Crippen LogP contribution in [0.3, 0.4) is 0 Å².